The SMILES string of the molecule is NC(=O)[C@@H]1C[C@@H](F)CN1c1cccc(OC(F)F)n1. The number of ether oxygens (including phenoxy) is 1. The topological polar surface area (TPSA) is 68.5 Å². The molecular weight excluding hydrogens is 263 g/mol. The van der Waals surface area contributed by atoms with E-state index < -0.39 is 24.7 Å². The fourth-order valence-electron chi connectivity index (χ4n) is 2.03. The molecule has 8 heteroatoms. The van der Waals surface area contributed by atoms with E-state index in [1.54, 1.807) is 0 Å². The first-order valence-electron chi connectivity index (χ1n) is 5.59. The zero-order valence-electron chi connectivity index (χ0n) is 9.80. The average molecular weight is 275 g/mol. The molecule has 1 aromatic rings. The predicted molar refractivity (Wildman–Crippen MR) is 60.7 cm³/mol. The first-order chi connectivity index (χ1) is 8.97. The molecule has 0 aromatic carbocycles. The molecule has 1 amide bonds. The van der Waals surface area contributed by atoms with Crippen LogP contribution < -0.4 is 15.4 Å². The summed E-state index contributed by atoms with van der Waals surface area (Å²) in [5, 5.41) is 0. The van der Waals surface area contributed by atoms with E-state index in [-0.39, 0.29) is 24.7 Å². The van der Waals surface area contributed by atoms with Crippen molar-refractivity contribution in [3.63, 3.8) is 0 Å². The first kappa shape index (κ1) is 13.4. The molecule has 2 heterocycles. The van der Waals surface area contributed by atoms with Crippen molar-refractivity contribution in [3.05, 3.63) is 18.2 Å². The smallest absolute Gasteiger partial charge is 0.388 e. The number of nitrogens with two attached hydrogens (primary N) is 1. The summed E-state index contributed by atoms with van der Waals surface area (Å²) in [4.78, 5) is 16.4. The summed E-state index contributed by atoms with van der Waals surface area (Å²) in [7, 11) is 0. The van der Waals surface area contributed by atoms with E-state index in [1.165, 1.54) is 23.1 Å². The van der Waals surface area contributed by atoms with E-state index in [1.807, 2.05) is 0 Å². The van der Waals surface area contributed by atoms with Crippen LogP contribution >= 0.6 is 0 Å². The second kappa shape index (κ2) is 5.33. The average Bonchev–Trinajstić information content (AvgIpc) is 2.71. The van der Waals surface area contributed by atoms with Crippen LogP contribution in [0.5, 0.6) is 5.88 Å². The summed E-state index contributed by atoms with van der Waals surface area (Å²) >= 11 is 0. The van der Waals surface area contributed by atoms with Gasteiger partial charge in [-0.15, -0.1) is 0 Å². The molecule has 0 unspecified atom stereocenters. The van der Waals surface area contributed by atoms with E-state index in [2.05, 4.69) is 9.72 Å². The summed E-state index contributed by atoms with van der Waals surface area (Å²) in [6.45, 7) is -3.05. The van der Waals surface area contributed by atoms with Gasteiger partial charge in [0.05, 0.1) is 6.54 Å². The molecule has 0 saturated carbocycles. The van der Waals surface area contributed by atoms with Crippen molar-refractivity contribution in [2.75, 3.05) is 11.4 Å². The predicted octanol–water partition coefficient (Wildman–Crippen LogP) is 1.09. The third kappa shape index (κ3) is 3.07. The van der Waals surface area contributed by atoms with Gasteiger partial charge in [0.1, 0.15) is 18.0 Å². The number of alkyl halides is 3. The van der Waals surface area contributed by atoms with Crippen LogP contribution in [0.2, 0.25) is 0 Å². The largest absolute Gasteiger partial charge is 0.417 e. The lowest BCUT2D eigenvalue weighted by Crippen LogP contribution is -2.40. The van der Waals surface area contributed by atoms with Crippen molar-refractivity contribution in [2.24, 2.45) is 5.73 Å². The van der Waals surface area contributed by atoms with Crippen LogP contribution in [0.4, 0.5) is 19.0 Å². The van der Waals surface area contributed by atoms with E-state index in [0.717, 1.165) is 0 Å². The van der Waals surface area contributed by atoms with Gasteiger partial charge >= 0.3 is 6.61 Å². The number of anilines is 1. The van der Waals surface area contributed by atoms with Gasteiger partial charge in [-0.3, -0.25) is 4.79 Å². The maximum atomic E-state index is 13.4. The molecule has 0 bridgehead atoms. The number of aromatic nitrogens is 1. The zero-order valence-corrected chi connectivity index (χ0v) is 9.80. The lowest BCUT2D eigenvalue weighted by molar-refractivity contribution is -0.119. The molecule has 0 aliphatic carbocycles. The van der Waals surface area contributed by atoms with Crippen LogP contribution in [0.1, 0.15) is 6.42 Å². The second-order valence-electron chi connectivity index (χ2n) is 4.12. The fourth-order valence-corrected chi connectivity index (χ4v) is 2.03. The summed E-state index contributed by atoms with van der Waals surface area (Å²) < 4.78 is 41.7. The highest BCUT2D eigenvalue weighted by atomic mass is 19.3. The standard InChI is InChI=1S/C11H12F3N3O2/c12-6-4-7(10(15)18)17(5-6)8-2-1-3-9(16-8)19-11(13)14/h1-3,6-7,11H,4-5H2,(H2,15,18)/t6-,7+/m1/s1. The van der Waals surface area contributed by atoms with E-state index >= 15 is 0 Å². The van der Waals surface area contributed by atoms with E-state index in [4.69, 9.17) is 5.73 Å². The van der Waals surface area contributed by atoms with Gasteiger partial charge < -0.3 is 15.4 Å². The maximum Gasteiger partial charge on any atom is 0.388 e. The molecule has 1 aromatic heterocycles. The molecule has 1 aliphatic rings. The van der Waals surface area contributed by atoms with Gasteiger partial charge in [0.2, 0.25) is 11.8 Å². The van der Waals surface area contributed by atoms with Crippen LogP contribution in [0.3, 0.4) is 0 Å². The number of halogens is 3. The van der Waals surface area contributed by atoms with Gasteiger partial charge in [-0.1, -0.05) is 6.07 Å². The van der Waals surface area contributed by atoms with Gasteiger partial charge in [-0.25, -0.2) is 4.39 Å². The molecule has 19 heavy (non-hydrogen) atoms. The Morgan fingerprint density at radius 2 is 2.26 bits per heavy atom. The Morgan fingerprint density at radius 1 is 1.53 bits per heavy atom. The molecule has 0 radical (unpaired) electrons. The molecule has 1 aliphatic heterocycles. The van der Waals surface area contributed by atoms with Crippen LogP contribution in [-0.4, -0.2) is 36.3 Å². The second-order valence-corrected chi connectivity index (χ2v) is 4.12. The monoisotopic (exact) mass is 275 g/mol. The summed E-state index contributed by atoms with van der Waals surface area (Å²) in [5.74, 6) is -0.790. The Labute approximate surface area is 107 Å². The molecule has 1 fully saturated rings. The number of hydrogen-bond acceptors (Lipinski definition) is 4. The number of primary amides is 1. The highest BCUT2D eigenvalue weighted by Crippen LogP contribution is 2.27. The van der Waals surface area contributed by atoms with E-state index in [0.29, 0.717) is 0 Å². The minimum atomic E-state index is -3.00. The number of nitrogens with zero attached hydrogens (tertiary/aromatic N) is 2. The molecule has 1 saturated heterocycles. The Morgan fingerprint density at radius 3 is 2.89 bits per heavy atom. The zero-order chi connectivity index (χ0) is 14.0. The van der Waals surface area contributed by atoms with Crippen molar-refractivity contribution in [1.82, 2.24) is 4.98 Å². The lowest BCUT2D eigenvalue weighted by Gasteiger charge is -2.23. The summed E-state index contributed by atoms with van der Waals surface area (Å²) in [6, 6.07) is 3.33. The number of carbonyl (C=O) groups excluding carboxylic acids is 1. The number of rotatable bonds is 4. The third-order valence-electron chi connectivity index (χ3n) is 2.79. The number of pyridine rings is 1. The molecule has 5 nitrogen and oxygen atoms in total. The van der Waals surface area contributed by atoms with Crippen LogP contribution in [0.15, 0.2) is 18.2 Å². The van der Waals surface area contributed by atoms with Crippen molar-refractivity contribution in [2.45, 2.75) is 25.2 Å². The number of amides is 1. The van der Waals surface area contributed by atoms with Crippen LogP contribution in [0.25, 0.3) is 0 Å². The van der Waals surface area contributed by atoms with Crippen LogP contribution in [-0.2, 0) is 4.79 Å². The maximum absolute atomic E-state index is 13.4. The van der Waals surface area contributed by atoms with Gasteiger partial charge in [0, 0.05) is 12.5 Å². The highest BCUT2D eigenvalue weighted by molar-refractivity contribution is 5.84. The Hall–Kier alpha value is -1.99. The first-order valence-corrected chi connectivity index (χ1v) is 5.59. The van der Waals surface area contributed by atoms with Gasteiger partial charge in [-0.05, 0) is 6.07 Å². The molecule has 0 spiro atoms. The van der Waals surface area contributed by atoms with E-state index in [9.17, 15) is 18.0 Å². The van der Waals surface area contributed by atoms with Crippen molar-refractivity contribution >= 4 is 11.7 Å². The number of hydrogen-bond donors (Lipinski definition) is 1. The van der Waals surface area contributed by atoms with Crippen molar-refractivity contribution < 1.29 is 22.7 Å². The van der Waals surface area contributed by atoms with Crippen LogP contribution in [0, 0.1) is 0 Å². The Kier molecular flexibility index (Phi) is 3.77. The fraction of sp³-hybridized carbons (Fsp3) is 0.455. The minimum absolute atomic E-state index is 0.0308. The summed E-state index contributed by atoms with van der Waals surface area (Å²) in [6.07, 6.45) is -1.24. The molecule has 2 atom stereocenters. The number of carbonyl (C=O) groups is 1. The Bertz CT molecular complexity index is 472. The third-order valence-corrected chi connectivity index (χ3v) is 2.79. The summed E-state index contributed by atoms with van der Waals surface area (Å²) in [5.41, 5.74) is 5.18. The Balaban J connectivity index is 2.23. The van der Waals surface area contributed by atoms with Gasteiger partial charge in [-0.2, -0.15) is 13.8 Å². The quantitative estimate of drug-likeness (QED) is 0.893. The van der Waals surface area contributed by atoms with Crippen molar-refractivity contribution in [3.8, 4) is 5.88 Å². The normalized spacial score (nSPS) is 22.8. The molecular formula is C11H12F3N3O2. The molecule has 2 N–H and O–H groups in total. The lowest BCUT2D eigenvalue weighted by atomic mass is 10.2. The van der Waals surface area contributed by atoms with Crippen molar-refractivity contribution in [1.29, 1.82) is 0 Å². The highest BCUT2D eigenvalue weighted by Gasteiger charge is 2.36. The minimum Gasteiger partial charge on any atom is -0.417 e. The molecule has 104 valence electrons. The van der Waals surface area contributed by atoms with Gasteiger partial charge in [0.25, 0.3) is 0 Å². The molecule has 2 rings (SSSR count). The van der Waals surface area contributed by atoms with Gasteiger partial charge in [0.15, 0.2) is 0 Å².